The van der Waals surface area contributed by atoms with Gasteiger partial charge < -0.3 is 5.73 Å². The number of ketones is 1. The third kappa shape index (κ3) is 2.30. The van der Waals surface area contributed by atoms with E-state index in [2.05, 4.69) is 4.98 Å². The van der Waals surface area contributed by atoms with Crippen molar-refractivity contribution in [3.63, 3.8) is 0 Å². The van der Waals surface area contributed by atoms with Gasteiger partial charge in [0.15, 0.2) is 0 Å². The molecule has 2 rings (SSSR count). The number of nitrogen functional groups attached to an aromatic ring is 1. The van der Waals surface area contributed by atoms with Crippen LogP contribution in [0.2, 0.25) is 0 Å². The lowest BCUT2D eigenvalue weighted by atomic mass is 10.0. The Morgan fingerprint density at radius 3 is 2.65 bits per heavy atom. The predicted octanol–water partition coefficient (Wildman–Crippen LogP) is 2.34. The number of nitrogens with zero attached hydrogens (tertiary/aromatic N) is 1. The molecule has 0 aliphatic heterocycles. The normalized spacial score (nSPS) is 10.2. The molecule has 0 spiro atoms. The lowest BCUT2D eigenvalue weighted by Crippen LogP contribution is -2.06. The van der Waals surface area contributed by atoms with E-state index in [9.17, 15) is 9.18 Å². The second kappa shape index (κ2) is 4.33. The van der Waals surface area contributed by atoms with Crippen molar-refractivity contribution in [3.8, 4) is 0 Å². The third-order valence-electron chi connectivity index (χ3n) is 2.45. The molecule has 0 saturated carbocycles. The Morgan fingerprint density at radius 1 is 1.29 bits per heavy atom. The number of benzene rings is 1. The molecule has 0 atom stereocenters. The maximum atomic E-state index is 12.9. The SMILES string of the molecule is Cc1cc(F)ccc1C(=O)c1ccc(N)cn1. The highest BCUT2D eigenvalue weighted by atomic mass is 19.1. The molecule has 0 radical (unpaired) electrons. The molecule has 2 aromatic rings. The highest BCUT2D eigenvalue weighted by molar-refractivity contribution is 6.08. The van der Waals surface area contributed by atoms with Crippen LogP contribution in [0.3, 0.4) is 0 Å². The van der Waals surface area contributed by atoms with Gasteiger partial charge in [0.2, 0.25) is 5.78 Å². The first-order chi connectivity index (χ1) is 8.08. The Bertz CT molecular complexity index is 564. The van der Waals surface area contributed by atoms with Crippen molar-refractivity contribution in [1.82, 2.24) is 4.98 Å². The second-order valence-electron chi connectivity index (χ2n) is 3.77. The largest absolute Gasteiger partial charge is 0.397 e. The van der Waals surface area contributed by atoms with E-state index in [1.54, 1.807) is 19.1 Å². The number of carbonyl (C=O) groups is 1. The summed E-state index contributed by atoms with van der Waals surface area (Å²) in [5.74, 6) is -0.591. The summed E-state index contributed by atoms with van der Waals surface area (Å²) >= 11 is 0. The van der Waals surface area contributed by atoms with Crippen LogP contribution in [0.25, 0.3) is 0 Å². The number of pyridine rings is 1. The lowest BCUT2D eigenvalue weighted by Gasteiger charge is -2.04. The minimum atomic E-state index is -0.357. The molecule has 2 N–H and O–H groups in total. The van der Waals surface area contributed by atoms with Crippen LogP contribution in [-0.2, 0) is 0 Å². The quantitative estimate of drug-likeness (QED) is 0.805. The zero-order valence-corrected chi connectivity index (χ0v) is 9.27. The number of aromatic nitrogens is 1. The van der Waals surface area contributed by atoms with Crippen LogP contribution in [0.1, 0.15) is 21.6 Å². The van der Waals surface area contributed by atoms with Crippen molar-refractivity contribution in [2.75, 3.05) is 5.73 Å². The maximum absolute atomic E-state index is 12.9. The number of rotatable bonds is 2. The van der Waals surface area contributed by atoms with E-state index in [4.69, 9.17) is 5.73 Å². The van der Waals surface area contributed by atoms with Gasteiger partial charge in [-0.15, -0.1) is 0 Å². The first kappa shape index (κ1) is 11.3. The van der Waals surface area contributed by atoms with Gasteiger partial charge in [-0.05, 0) is 42.8 Å². The zero-order chi connectivity index (χ0) is 12.4. The second-order valence-corrected chi connectivity index (χ2v) is 3.77. The first-order valence-electron chi connectivity index (χ1n) is 5.10. The Balaban J connectivity index is 2.40. The number of halogens is 1. The molecule has 1 heterocycles. The van der Waals surface area contributed by atoms with Crippen LogP contribution < -0.4 is 5.73 Å². The van der Waals surface area contributed by atoms with E-state index in [0.29, 0.717) is 22.5 Å². The van der Waals surface area contributed by atoms with E-state index < -0.39 is 0 Å². The molecule has 86 valence electrons. The third-order valence-corrected chi connectivity index (χ3v) is 2.45. The smallest absolute Gasteiger partial charge is 0.211 e. The first-order valence-corrected chi connectivity index (χ1v) is 5.10. The summed E-state index contributed by atoms with van der Waals surface area (Å²) in [6.45, 7) is 1.69. The summed E-state index contributed by atoms with van der Waals surface area (Å²) in [5.41, 5.74) is 7.33. The number of hydrogen-bond donors (Lipinski definition) is 1. The fraction of sp³-hybridized carbons (Fsp3) is 0.0769. The van der Waals surface area contributed by atoms with E-state index in [0.717, 1.165) is 0 Å². The van der Waals surface area contributed by atoms with Crippen molar-refractivity contribution < 1.29 is 9.18 Å². The Hall–Kier alpha value is -2.23. The molecule has 0 aliphatic carbocycles. The van der Waals surface area contributed by atoms with Crippen LogP contribution in [0.15, 0.2) is 36.5 Å². The van der Waals surface area contributed by atoms with Crippen LogP contribution >= 0.6 is 0 Å². The van der Waals surface area contributed by atoms with Crippen LogP contribution in [0.5, 0.6) is 0 Å². The average Bonchev–Trinajstić information content (AvgIpc) is 2.29. The Kier molecular flexibility index (Phi) is 2.87. The summed E-state index contributed by atoms with van der Waals surface area (Å²) in [6, 6.07) is 7.21. The molecule has 0 saturated heterocycles. The summed E-state index contributed by atoms with van der Waals surface area (Å²) < 4.78 is 12.9. The van der Waals surface area contributed by atoms with Gasteiger partial charge in [0.25, 0.3) is 0 Å². The molecule has 0 fully saturated rings. The van der Waals surface area contributed by atoms with Crippen molar-refractivity contribution in [2.45, 2.75) is 6.92 Å². The van der Waals surface area contributed by atoms with Gasteiger partial charge >= 0.3 is 0 Å². The molecule has 1 aromatic heterocycles. The van der Waals surface area contributed by atoms with Gasteiger partial charge in [0.1, 0.15) is 11.5 Å². The highest BCUT2D eigenvalue weighted by Crippen LogP contribution is 2.14. The van der Waals surface area contributed by atoms with Crippen LogP contribution in [0.4, 0.5) is 10.1 Å². The maximum Gasteiger partial charge on any atom is 0.211 e. The molecular weight excluding hydrogens is 219 g/mol. The molecule has 0 amide bonds. The van der Waals surface area contributed by atoms with Crippen molar-refractivity contribution in [2.24, 2.45) is 0 Å². The summed E-state index contributed by atoms with van der Waals surface area (Å²) in [7, 11) is 0. The molecule has 3 nitrogen and oxygen atoms in total. The van der Waals surface area contributed by atoms with Crippen LogP contribution in [0, 0.1) is 12.7 Å². The molecular formula is C13H11FN2O. The fourth-order valence-electron chi connectivity index (χ4n) is 1.56. The molecule has 0 aliphatic rings. The van der Waals surface area contributed by atoms with E-state index >= 15 is 0 Å². The summed E-state index contributed by atoms with van der Waals surface area (Å²) in [4.78, 5) is 16.0. The van der Waals surface area contributed by atoms with E-state index in [1.807, 2.05) is 0 Å². The van der Waals surface area contributed by atoms with Gasteiger partial charge in [-0.1, -0.05) is 0 Å². The predicted molar refractivity (Wildman–Crippen MR) is 63.2 cm³/mol. The van der Waals surface area contributed by atoms with Crippen molar-refractivity contribution >= 4 is 11.5 Å². The number of anilines is 1. The Morgan fingerprint density at radius 2 is 2.06 bits per heavy atom. The van der Waals surface area contributed by atoms with Gasteiger partial charge in [-0.25, -0.2) is 4.39 Å². The summed E-state index contributed by atoms with van der Waals surface area (Å²) in [6.07, 6.45) is 1.42. The van der Waals surface area contributed by atoms with Gasteiger partial charge in [0.05, 0.1) is 11.9 Å². The van der Waals surface area contributed by atoms with Gasteiger partial charge in [-0.2, -0.15) is 0 Å². The number of nitrogens with two attached hydrogens (primary N) is 1. The van der Waals surface area contributed by atoms with E-state index in [1.165, 1.54) is 24.4 Å². The van der Waals surface area contributed by atoms with Gasteiger partial charge in [0, 0.05) is 5.56 Å². The standard InChI is InChI=1S/C13H11FN2O/c1-8-6-9(14)2-4-11(8)13(17)12-5-3-10(15)7-16-12/h2-7H,15H2,1H3. The van der Waals surface area contributed by atoms with Crippen molar-refractivity contribution in [1.29, 1.82) is 0 Å². The Labute approximate surface area is 98.1 Å². The minimum absolute atomic E-state index is 0.234. The molecule has 4 heteroatoms. The fourth-order valence-corrected chi connectivity index (χ4v) is 1.56. The lowest BCUT2D eigenvalue weighted by molar-refractivity contribution is 0.103. The van der Waals surface area contributed by atoms with Gasteiger partial charge in [-0.3, -0.25) is 9.78 Å². The topological polar surface area (TPSA) is 56.0 Å². The summed E-state index contributed by atoms with van der Waals surface area (Å²) in [5, 5.41) is 0. The molecule has 0 bridgehead atoms. The molecule has 17 heavy (non-hydrogen) atoms. The molecule has 1 aromatic carbocycles. The molecule has 0 unspecified atom stereocenters. The number of aryl methyl sites for hydroxylation is 1. The number of carbonyl (C=O) groups excluding carboxylic acids is 1. The van der Waals surface area contributed by atoms with Crippen LogP contribution in [-0.4, -0.2) is 10.8 Å². The highest BCUT2D eigenvalue weighted by Gasteiger charge is 2.13. The van der Waals surface area contributed by atoms with Crippen molar-refractivity contribution in [3.05, 3.63) is 59.2 Å². The average molecular weight is 230 g/mol. The monoisotopic (exact) mass is 230 g/mol. The zero-order valence-electron chi connectivity index (χ0n) is 9.27. The number of hydrogen-bond acceptors (Lipinski definition) is 3. The minimum Gasteiger partial charge on any atom is -0.397 e. The van der Waals surface area contributed by atoms with E-state index in [-0.39, 0.29) is 11.6 Å².